The third kappa shape index (κ3) is 5.72. The minimum absolute atomic E-state index is 0. The van der Waals surface area contributed by atoms with Gasteiger partial charge < -0.3 is 15.1 Å². The maximum atomic E-state index is 5.34. The Kier molecular flexibility index (Phi) is 8.25. The summed E-state index contributed by atoms with van der Waals surface area (Å²) >= 11 is 1.89. The van der Waals surface area contributed by atoms with Gasteiger partial charge in [0.1, 0.15) is 12.3 Å². The van der Waals surface area contributed by atoms with Gasteiger partial charge in [-0.1, -0.05) is 0 Å². The fourth-order valence-electron chi connectivity index (χ4n) is 2.92. The normalized spacial score (nSPS) is 16.0. The maximum absolute atomic E-state index is 5.34. The van der Waals surface area contributed by atoms with Gasteiger partial charge in [-0.25, -0.2) is 4.99 Å². The molecule has 2 aromatic heterocycles. The van der Waals surface area contributed by atoms with Gasteiger partial charge in [0.15, 0.2) is 5.96 Å². The highest BCUT2D eigenvalue weighted by Gasteiger charge is 2.21. The van der Waals surface area contributed by atoms with Crippen molar-refractivity contribution in [1.82, 2.24) is 15.5 Å². The quantitative estimate of drug-likeness (QED) is 0.383. The molecule has 138 valence electrons. The molecule has 5 nitrogen and oxygen atoms in total. The second kappa shape index (κ2) is 10.2. The summed E-state index contributed by atoms with van der Waals surface area (Å²) in [6, 6.07) is 6.57. The first-order valence-corrected chi connectivity index (χ1v) is 9.48. The number of nitrogens with zero attached hydrogens (tertiary/aromatic N) is 2. The first-order chi connectivity index (χ1) is 11.8. The summed E-state index contributed by atoms with van der Waals surface area (Å²) in [4.78, 5) is 8.68. The molecule has 2 aromatic rings. The smallest absolute Gasteiger partial charge is 0.191 e. The van der Waals surface area contributed by atoms with Crippen molar-refractivity contribution >= 4 is 41.3 Å². The van der Waals surface area contributed by atoms with Crippen LogP contribution in [0.15, 0.2) is 39.3 Å². The molecule has 3 rings (SSSR count). The molecule has 7 heteroatoms. The fourth-order valence-corrected chi connectivity index (χ4v) is 3.81. The first kappa shape index (κ1) is 20.3. The molecule has 2 N–H and O–H groups in total. The van der Waals surface area contributed by atoms with E-state index in [9.17, 15) is 0 Å². The van der Waals surface area contributed by atoms with Gasteiger partial charge in [-0.2, -0.15) is 0 Å². The molecule has 0 amide bonds. The number of hydrogen-bond donors (Lipinski definition) is 2. The lowest BCUT2D eigenvalue weighted by Crippen LogP contribution is -2.47. The Morgan fingerprint density at radius 1 is 1.40 bits per heavy atom. The predicted octanol–water partition coefficient (Wildman–Crippen LogP) is 3.46. The minimum Gasteiger partial charge on any atom is -0.467 e. The van der Waals surface area contributed by atoms with Gasteiger partial charge in [-0.3, -0.25) is 4.90 Å². The average Bonchev–Trinajstić information content (AvgIpc) is 3.27. The van der Waals surface area contributed by atoms with E-state index in [0.29, 0.717) is 12.6 Å². The largest absolute Gasteiger partial charge is 0.467 e. The Balaban J connectivity index is 0.00000225. The van der Waals surface area contributed by atoms with E-state index in [-0.39, 0.29) is 24.0 Å². The van der Waals surface area contributed by atoms with Crippen LogP contribution in [0.4, 0.5) is 0 Å². The maximum Gasteiger partial charge on any atom is 0.191 e. The van der Waals surface area contributed by atoms with Crippen molar-refractivity contribution in [2.24, 2.45) is 4.99 Å². The molecule has 0 saturated carbocycles. The number of hydrogen-bond acceptors (Lipinski definition) is 4. The molecule has 1 aliphatic rings. The number of rotatable bonds is 6. The van der Waals surface area contributed by atoms with E-state index in [0.717, 1.165) is 37.9 Å². The Labute approximate surface area is 170 Å². The van der Waals surface area contributed by atoms with Gasteiger partial charge in [0, 0.05) is 37.1 Å². The molecule has 3 heterocycles. The number of furan rings is 1. The van der Waals surface area contributed by atoms with Crippen molar-refractivity contribution in [3.05, 3.63) is 46.0 Å². The summed E-state index contributed by atoms with van der Waals surface area (Å²) < 4.78 is 5.34. The van der Waals surface area contributed by atoms with E-state index in [1.54, 1.807) is 11.1 Å². The standard InChI is InChI=1S/C18H26N4OS.HI/c1-3-19-18(21-12-16-5-4-9-23-16)20-11-14(2)22-8-6-17-15(13-22)7-10-24-17;/h4-5,7,9-10,14H,3,6,8,11-13H2,1-2H3,(H2,19,20,21);1H. The SMILES string of the molecule is CCNC(=NCc1ccco1)NCC(C)N1CCc2sccc2C1.I. The Morgan fingerprint density at radius 3 is 3.04 bits per heavy atom. The lowest BCUT2D eigenvalue weighted by Gasteiger charge is -2.32. The van der Waals surface area contributed by atoms with Gasteiger partial charge in [-0.05, 0) is 49.4 Å². The first-order valence-electron chi connectivity index (χ1n) is 8.60. The van der Waals surface area contributed by atoms with E-state index < -0.39 is 0 Å². The molecule has 1 atom stereocenters. The van der Waals surface area contributed by atoms with Gasteiger partial charge in [0.2, 0.25) is 0 Å². The lowest BCUT2D eigenvalue weighted by molar-refractivity contribution is 0.192. The van der Waals surface area contributed by atoms with Crippen LogP contribution in [0.25, 0.3) is 0 Å². The highest BCUT2D eigenvalue weighted by molar-refractivity contribution is 14.0. The van der Waals surface area contributed by atoms with E-state index in [1.807, 2.05) is 23.5 Å². The van der Waals surface area contributed by atoms with Gasteiger partial charge in [-0.15, -0.1) is 35.3 Å². The van der Waals surface area contributed by atoms with Crippen LogP contribution in [0.5, 0.6) is 0 Å². The Bertz CT molecular complexity index is 656. The van der Waals surface area contributed by atoms with Crippen molar-refractivity contribution in [3.63, 3.8) is 0 Å². The molecule has 0 aliphatic carbocycles. The van der Waals surface area contributed by atoms with Crippen LogP contribution in [-0.2, 0) is 19.5 Å². The zero-order chi connectivity index (χ0) is 16.8. The monoisotopic (exact) mass is 474 g/mol. The lowest BCUT2D eigenvalue weighted by atomic mass is 10.1. The summed E-state index contributed by atoms with van der Waals surface area (Å²) in [5.74, 6) is 1.72. The van der Waals surface area contributed by atoms with Crippen LogP contribution < -0.4 is 10.6 Å². The summed E-state index contributed by atoms with van der Waals surface area (Å²) in [7, 11) is 0. The Morgan fingerprint density at radius 2 is 2.28 bits per heavy atom. The molecule has 0 radical (unpaired) electrons. The minimum atomic E-state index is 0. The molecular weight excluding hydrogens is 447 g/mol. The van der Waals surface area contributed by atoms with E-state index in [2.05, 4.69) is 45.8 Å². The van der Waals surface area contributed by atoms with Gasteiger partial charge in [0.05, 0.1) is 6.26 Å². The third-order valence-electron chi connectivity index (χ3n) is 4.34. The summed E-state index contributed by atoms with van der Waals surface area (Å²) in [6.45, 7) is 8.83. The summed E-state index contributed by atoms with van der Waals surface area (Å²) in [5, 5.41) is 8.96. The van der Waals surface area contributed by atoms with E-state index in [1.165, 1.54) is 12.0 Å². The van der Waals surface area contributed by atoms with Crippen molar-refractivity contribution in [1.29, 1.82) is 0 Å². The van der Waals surface area contributed by atoms with Crippen LogP contribution in [-0.4, -0.2) is 36.5 Å². The zero-order valence-corrected chi connectivity index (χ0v) is 18.0. The molecule has 0 saturated heterocycles. The van der Waals surface area contributed by atoms with Crippen molar-refractivity contribution in [2.45, 2.75) is 39.4 Å². The molecule has 0 fully saturated rings. The average molecular weight is 474 g/mol. The van der Waals surface area contributed by atoms with Crippen LogP contribution >= 0.6 is 35.3 Å². The number of halogens is 1. The van der Waals surface area contributed by atoms with Gasteiger partial charge >= 0.3 is 0 Å². The number of aliphatic imine (C=N–C) groups is 1. The highest BCUT2D eigenvalue weighted by Crippen LogP contribution is 2.24. The molecule has 1 unspecified atom stereocenters. The van der Waals surface area contributed by atoms with Crippen LogP contribution in [0.2, 0.25) is 0 Å². The number of nitrogens with one attached hydrogen (secondary N) is 2. The number of thiophene rings is 1. The number of fused-ring (bicyclic) bond motifs is 1. The molecule has 25 heavy (non-hydrogen) atoms. The molecular formula is C18H27IN4OS. The zero-order valence-electron chi connectivity index (χ0n) is 14.8. The Hall–Kier alpha value is -1.06. The summed E-state index contributed by atoms with van der Waals surface area (Å²) in [6.07, 6.45) is 2.85. The number of guanidine groups is 1. The second-order valence-corrected chi connectivity index (χ2v) is 7.09. The van der Waals surface area contributed by atoms with Crippen LogP contribution in [0, 0.1) is 0 Å². The third-order valence-corrected chi connectivity index (χ3v) is 5.37. The van der Waals surface area contributed by atoms with Crippen molar-refractivity contribution in [2.75, 3.05) is 19.6 Å². The van der Waals surface area contributed by atoms with Crippen molar-refractivity contribution < 1.29 is 4.42 Å². The molecule has 1 aliphatic heterocycles. The topological polar surface area (TPSA) is 52.8 Å². The van der Waals surface area contributed by atoms with Crippen molar-refractivity contribution in [3.8, 4) is 0 Å². The molecule has 0 aromatic carbocycles. The molecule has 0 bridgehead atoms. The summed E-state index contributed by atoms with van der Waals surface area (Å²) in [5.41, 5.74) is 1.50. The van der Waals surface area contributed by atoms with Crippen LogP contribution in [0.3, 0.4) is 0 Å². The van der Waals surface area contributed by atoms with Crippen LogP contribution in [0.1, 0.15) is 30.0 Å². The predicted molar refractivity (Wildman–Crippen MR) is 115 cm³/mol. The second-order valence-electron chi connectivity index (χ2n) is 6.09. The van der Waals surface area contributed by atoms with E-state index >= 15 is 0 Å². The van der Waals surface area contributed by atoms with Gasteiger partial charge in [0.25, 0.3) is 0 Å². The highest BCUT2D eigenvalue weighted by atomic mass is 127. The molecule has 0 spiro atoms. The van der Waals surface area contributed by atoms with E-state index in [4.69, 9.17) is 4.42 Å². The fraction of sp³-hybridized carbons (Fsp3) is 0.500.